The van der Waals surface area contributed by atoms with Crippen molar-refractivity contribution in [1.29, 1.82) is 0 Å². The molecule has 1 aliphatic heterocycles. The summed E-state index contributed by atoms with van der Waals surface area (Å²) in [6, 6.07) is 12.7. The van der Waals surface area contributed by atoms with E-state index in [0.29, 0.717) is 17.1 Å². The van der Waals surface area contributed by atoms with Gasteiger partial charge in [-0.25, -0.2) is 8.42 Å². The second kappa shape index (κ2) is 8.78. The van der Waals surface area contributed by atoms with Crippen molar-refractivity contribution in [2.75, 3.05) is 11.9 Å². The standard InChI is InChI=1S/C21H21ClN4O4S/c1-14-6-4-5-13-26(14)31(28,29)16-11-9-15(10-12-16)19(27)23-21-25-24-20(30-21)17-7-2-3-8-18(17)22/h2-3,7-12,14H,4-6,13H2,1H3,(H,23,25,27)/t14-/m1/s1. The minimum Gasteiger partial charge on any atom is -0.403 e. The number of halogens is 1. The molecule has 162 valence electrons. The number of benzene rings is 2. The first-order chi connectivity index (χ1) is 14.9. The normalized spacial score (nSPS) is 17.4. The third kappa shape index (κ3) is 4.48. The second-order valence-corrected chi connectivity index (χ2v) is 9.63. The molecule has 1 fully saturated rings. The van der Waals surface area contributed by atoms with E-state index < -0.39 is 15.9 Å². The zero-order valence-corrected chi connectivity index (χ0v) is 18.4. The Balaban J connectivity index is 1.47. The van der Waals surface area contributed by atoms with Crippen LogP contribution in [-0.2, 0) is 10.0 Å². The average Bonchev–Trinajstić information content (AvgIpc) is 3.22. The highest BCUT2D eigenvalue weighted by molar-refractivity contribution is 7.89. The zero-order chi connectivity index (χ0) is 22.0. The smallest absolute Gasteiger partial charge is 0.322 e. The minimum absolute atomic E-state index is 0.0356. The molecule has 1 aromatic heterocycles. The number of aromatic nitrogens is 2. The summed E-state index contributed by atoms with van der Waals surface area (Å²) in [5.41, 5.74) is 0.821. The third-order valence-electron chi connectivity index (χ3n) is 5.21. The van der Waals surface area contributed by atoms with Crippen LogP contribution in [-0.4, -0.2) is 41.4 Å². The molecule has 1 atom stereocenters. The van der Waals surface area contributed by atoms with Crippen molar-refractivity contribution in [3.8, 4) is 11.5 Å². The molecule has 1 aliphatic rings. The zero-order valence-electron chi connectivity index (χ0n) is 16.8. The number of carbonyl (C=O) groups excluding carboxylic acids is 1. The highest BCUT2D eigenvalue weighted by Crippen LogP contribution is 2.28. The maximum atomic E-state index is 12.9. The van der Waals surface area contributed by atoms with Crippen LogP contribution in [0.3, 0.4) is 0 Å². The van der Waals surface area contributed by atoms with Gasteiger partial charge in [0.25, 0.3) is 11.8 Å². The maximum absolute atomic E-state index is 12.9. The van der Waals surface area contributed by atoms with Crippen LogP contribution in [0, 0.1) is 0 Å². The lowest BCUT2D eigenvalue weighted by molar-refractivity contribution is 0.102. The third-order valence-corrected chi connectivity index (χ3v) is 7.57. The van der Waals surface area contributed by atoms with Crippen molar-refractivity contribution in [2.24, 2.45) is 0 Å². The van der Waals surface area contributed by atoms with Crippen LogP contribution in [0.15, 0.2) is 57.8 Å². The molecule has 0 bridgehead atoms. The maximum Gasteiger partial charge on any atom is 0.322 e. The van der Waals surface area contributed by atoms with Gasteiger partial charge >= 0.3 is 6.01 Å². The van der Waals surface area contributed by atoms with Gasteiger partial charge in [-0.1, -0.05) is 35.3 Å². The molecule has 0 aliphatic carbocycles. The van der Waals surface area contributed by atoms with Gasteiger partial charge in [0, 0.05) is 18.2 Å². The van der Waals surface area contributed by atoms with Crippen LogP contribution in [0.2, 0.25) is 5.02 Å². The van der Waals surface area contributed by atoms with Gasteiger partial charge < -0.3 is 4.42 Å². The summed E-state index contributed by atoms with van der Waals surface area (Å²) in [5.74, 6) is -0.317. The van der Waals surface area contributed by atoms with Gasteiger partial charge in [0.1, 0.15) is 0 Å². The molecule has 1 amide bonds. The van der Waals surface area contributed by atoms with Gasteiger partial charge in [0.15, 0.2) is 0 Å². The van der Waals surface area contributed by atoms with E-state index in [0.717, 1.165) is 19.3 Å². The monoisotopic (exact) mass is 460 g/mol. The number of nitrogens with one attached hydrogen (secondary N) is 1. The second-order valence-electron chi connectivity index (χ2n) is 7.33. The van der Waals surface area contributed by atoms with Crippen LogP contribution in [0.4, 0.5) is 6.01 Å². The van der Waals surface area contributed by atoms with Crippen molar-refractivity contribution in [2.45, 2.75) is 37.1 Å². The van der Waals surface area contributed by atoms with Crippen molar-refractivity contribution in [3.05, 3.63) is 59.1 Å². The summed E-state index contributed by atoms with van der Waals surface area (Å²) in [5, 5.41) is 10.7. The number of rotatable bonds is 5. The van der Waals surface area contributed by atoms with Crippen LogP contribution in [0.25, 0.3) is 11.5 Å². The molecular formula is C21H21ClN4O4S. The van der Waals surface area contributed by atoms with E-state index in [1.54, 1.807) is 24.3 Å². The first-order valence-electron chi connectivity index (χ1n) is 9.88. The summed E-state index contributed by atoms with van der Waals surface area (Å²) in [7, 11) is -3.60. The first-order valence-corrected chi connectivity index (χ1v) is 11.7. The van der Waals surface area contributed by atoms with Gasteiger partial charge in [0.2, 0.25) is 10.0 Å². The van der Waals surface area contributed by atoms with Crippen molar-refractivity contribution in [3.63, 3.8) is 0 Å². The number of carbonyl (C=O) groups is 1. The lowest BCUT2D eigenvalue weighted by Crippen LogP contribution is -2.41. The number of piperidine rings is 1. The predicted molar refractivity (Wildman–Crippen MR) is 116 cm³/mol. The molecule has 0 spiro atoms. The molecular weight excluding hydrogens is 440 g/mol. The Hall–Kier alpha value is -2.75. The van der Waals surface area contributed by atoms with Gasteiger partial charge in [-0.2, -0.15) is 4.31 Å². The Kier molecular flexibility index (Phi) is 6.08. The number of amides is 1. The molecule has 2 heterocycles. The molecule has 2 aromatic carbocycles. The number of nitrogens with zero attached hydrogens (tertiary/aromatic N) is 3. The van der Waals surface area contributed by atoms with Gasteiger partial charge in [0.05, 0.1) is 15.5 Å². The van der Waals surface area contributed by atoms with Crippen LogP contribution < -0.4 is 5.32 Å². The van der Waals surface area contributed by atoms with Crippen molar-refractivity contribution in [1.82, 2.24) is 14.5 Å². The van der Waals surface area contributed by atoms with Crippen LogP contribution >= 0.6 is 11.6 Å². The number of hydrogen-bond donors (Lipinski definition) is 1. The predicted octanol–water partition coefficient (Wildman–Crippen LogP) is 4.21. The Labute approximate surface area is 185 Å². The van der Waals surface area contributed by atoms with E-state index in [9.17, 15) is 13.2 Å². The number of anilines is 1. The summed E-state index contributed by atoms with van der Waals surface area (Å²) < 4.78 is 32.8. The molecule has 8 nitrogen and oxygen atoms in total. The lowest BCUT2D eigenvalue weighted by atomic mass is 10.1. The largest absolute Gasteiger partial charge is 0.403 e. The van der Waals surface area contributed by atoms with Crippen molar-refractivity contribution >= 4 is 33.5 Å². The Bertz CT molecular complexity index is 1190. The van der Waals surface area contributed by atoms with Gasteiger partial charge in [-0.05, 0) is 56.2 Å². The molecule has 10 heteroatoms. The van der Waals surface area contributed by atoms with Crippen LogP contribution in [0.5, 0.6) is 0 Å². The molecule has 0 unspecified atom stereocenters. The lowest BCUT2D eigenvalue weighted by Gasteiger charge is -2.32. The Morgan fingerprint density at radius 1 is 1.13 bits per heavy atom. The molecule has 4 rings (SSSR count). The molecule has 0 saturated carbocycles. The highest BCUT2D eigenvalue weighted by atomic mass is 35.5. The van der Waals surface area contributed by atoms with E-state index >= 15 is 0 Å². The fourth-order valence-corrected chi connectivity index (χ4v) is 5.45. The van der Waals surface area contributed by atoms with E-state index in [2.05, 4.69) is 15.5 Å². The summed E-state index contributed by atoms with van der Waals surface area (Å²) in [4.78, 5) is 12.7. The highest BCUT2D eigenvalue weighted by Gasteiger charge is 2.31. The first kappa shape index (κ1) is 21.5. The van der Waals surface area contributed by atoms with Crippen LogP contribution in [0.1, 0.15) is 36.5 Å². The number of hydrogen-bond acceptors (Lipinski definition) is 6. The van der Waals surface area contributed by atoms with E-state index in [1.165, 1.54) is 28.6 Å². The number of sulfonamides is 1. The van der Waals surface area contributed by atoms with E-state index in [1.807, 2.05) is 6.92 Å². The topological polar surface area (TPSA) is 105 Å². The van der Waals surface area contributed by atoms with Gasteiger partial charge in [-0.3, -0.25) is 10.1 Å². The molecule has 0 radical (unpaired) electrons. The SMILES string of the molecule is C[C@@H]1CCCCN1S(=O)(=O)c1ccc(C(=O)Nc2nnc(-c3ccccc3Cl)o2)cc1. The molecule has 3 aromatic rings. The molecule has 1 N–H and O–H groups in total. The van der Waals surface area contributed by atoms with E-state index in [-0.39, 0.29) is 28.4 Å². The molecule has 1 saturated heterocycles. The average molecular weight is 461 g/mol. The Morgan fingerprint density at radius 2 is 1.87 bits per heavy atom. The fourth-order valence-electron chi connectivity index (χ4n) is 3.53. The van der Waals surface area contributed by atoms with E-state index in [4.69, 9.17) is 16.0 Å². The Morgan fingerprint density at radius 3 is 2.58 bits per heavy atom. The van der Waals surface area contributed by atoms with Gasteiger partial charge in [-0.15, -0.1) is 5.10 Å². The fraction of sp³-hybridized carbons (Fsp3) is 0.286. The summed E-state index contributed by atoms with van der Waals surface area (Å²) >= 11 is 6.12. The summed E-state index contributed by atoms with van der Waals surface area (Å²) in [6.07, 6.45) is 2.73. The molecule has 31 heavy (non-hydrogen) atoms. The minimum atomic E-state index is -3.60. The van der Waals surface area contributed by atoms with Crippen molar-refractivity contribution < 1.29 is 17.6 Å². The quantitative estimate of drug-likeness (QED) is 0.611. The summed E-state index contributed by atoms with van der Waals surface area (Å²) in [6.45, 7) is 2.43.